The minimum absolute atomic E-state index is 0.0809. The molecular weight excluding hydrogens is 420 g/mol. The van der Waals surface area contributed by atoms with Gasteiger partial charge >= 0.3 is 12.1 Å². The van der Waals surface area contributed by atoms with E-state index in [9.17, 15) is 19.5 Å². The topological polar surface area (TPSA) is 95.9 Å². The monoisotopic (exact) mass is 444 g/mol. The van der Waals surface area contributed by atoms with Gasteiger partial charge in [-0.1, -0.05) is 60.7 Å². The summed E-state index contributed by atoms with van der Waals surface area (Å²) >= 11 is 0. The molecular formula is C26H24N2O5. The molecule has 0 unspecified atom stereocenters. The second kappa shape index (κ2) is 9.16. The summed E-state index contributed by atoms with van der Waals surface area (Å²) in [4.78, 5) is 37.8. The van der Waals surface area contributed by atoms with Crippen molar-refractivity contribution >= 4 is 23.7 Å². The summed E-state index contributed by atoms with van der Waals surface area (Å²) in [5.41, 5.74) is 4.91. The van der Waals surface area contributed by atoms with Crippen molar-refractivity contribution in [3.05, 3.63) is 89.5 Å². The van der Waals surface area contributed by atoms with Gasteiger partial charge in [0.05, 0.1) is 11.3 Å². The molecule has 168 valence electrons. The first-order chi connectivity index (χ1) is 15.9. The number of aliphatic carboxylic acids is 1. The van der Waals surface area contributed by atoms with Crippen LogP contribution in [-0.4, -0.2) is 47.7 Å². The number of rotatable bonds is 6. The van der Waals surface area contributed by atoms with Crippen molar-refractivity contribution in [3.8, 4) is 11.1 Å². The molecule has 1 aliphatic carbocycles. The van der Waals surface area contributed by atoms with E-state index in [4.69, 9.17) is 4.74 Å². The number of nitrogens with one attached hydrogen (secondary N) is 1. The van der Waals surface area contributed by atoms with Gasteiger partial charge in [0.25, 0.3) is 5.91 Å². The Morgan fingerprint density at radius 1 is 0.939 bits per heavy atom. The highest BCUT2D eigenvalue weighted by molar-refractivity contribution is 6.03. The third kappa shape index (κ3) is 4.30. The average Bonchev–Trinajstić information content (AvgIpc) is 3.15. The molecule has 0 heterocycles. The average molecular weight is 444 g/mol. The number of hydrogen-bond acceptors (Lipinski definition) is 4. The zero-order valence-electron chi connectivity index (χ0n) is 18.3. The summed E-state index contributed by atoms with van der Waals surface area (Å²) in [6, 6.07) is 21.5. The number of anilines is 1. The maximum absolute atomic E-state index is 12.8. The van der Waals surface area contributed by atoms with Gasteiger partial charge in [-0.25, -0.2) is 9.59 Å². The highest BCUT2D eigenvalue weighted by atomic mass is 16.5. The number of ether oxygens (including phenoxy) is 1. The van der Waals surface area contributed by atoms with E-state index in [0.717, 1.165) is 27.2 Å². The summed E-state index contributed by atoms with van der Waals surface area (Å²) in [6.07, 6.45) is -0.689. The Balaban J connectivity index is 1.48. The molecule has 0 aromatic heterocycles. The number of carbonyl (C=O) groups excluding carboxylic acids is 2. The van der Waals surface area contributed by atoms with E-state index in [1.165, 1.54) is 20.0 Å². The predicted octanol–water partition coefficient (Wildman–Crippen LogP) is 4.59. The Labute approximate surface area is 191 Å². The number of carboxylic acids is 1. The van der Waals surface area contributed by atoms with Gasteiger partial charge in [0.1, 0.15) is 12.6 Å². The van der Waals surface area contributed by atoms with Crippen LogP contribution < -0.4 is 5.32 Å². The molecule has 0 spiro atoms. The van der Waals surface area contributed by atoms with E-state index in [1.807, 2.05) is 36.4 Å². The molecule has 3 aromatic rings. The first kappa shape index (κ1) is 22.1. The highest BCUT2D eigenvalue weighted by Crippen LogP contribution is 2.44. The highest BCUT2D eigenvalue weighted by Gasteiger charge is 2.29. The summed E-state index contributed by atoms with van der Waals surface area (Å²) < 4.78 is 5.56. The van der Waals surface area contributed by atoms with Gasteiger partial charge in [0.2, 0.25) is 0 Å². The van der Waals surface area contributed by atoms with Gasteiger partial charge < -0.3 is 14.7 Å². The van der Waals surface area contributed by atoms with Crippen LogP contribution in [0.5, 0.6) is 0 Å². The molecule has 4 rings (SSSR count). The van der Waals surface area contributed by atoms with Crippen LogP contribution in [0, 0.1) is 0 Å². The van der Waals surface area contributed by atoms with Gasteiger partial charge in [-0.15, -0.1) is 0 Å². The molecule has 0 bridgehead atoms. The van der Waals surface area contributed by atoms with E-state index in [1.54, 1.807) is 18.2 Å². The molecule has 0 aliphatic heterocycles. The van der Waals surface area contributed by atoms with Gasteiger partial charge in [-0.2, -0.15) is 0 Å². The number of benzene rings is 3. The van der Waals surface area contributed by atoms with E-state index >= 15 is 0 Å². The van der Waals surface area contributed by atoms with E-state index in [0.29, 0.717) is 0 Å². The van der Waals surface area contributed by atoms with Crippen molar-refractivity contribution in [3.63, 3.8) is 0 Å². The second-order valence-electron chi connectivity index (χ2n) is 7.93. The molecule has 3 aromatic carbocycles. The number of hydrogen-bond donors (Lipinski definition) is 2. The lowest BCUT2D eigenvalue weighted by Gasteiger charge is -2.23. The predicted molar refractivity (Wildman–Crippen MR) is 124 cm³/mol. The van der Waals surface area contributed by atoms with Crippen LogP contribution >= 0.6 is 0 Å². The number of carboxylic acid groups (broad SMARTS) is 1. The molecule has 33 heavy (non-hydrogen) atoms. The molecule has 1 aliphatic rings. The summed E-state index contributed by atoms with van der Waals surface area (Å²) in [5, 5.41) is 11.8. The van der Waals surface area contributed by atoms with E-state index in [-0.39, 0.29) is 23.8 Å². The van der Waals surface area contributed by atoms with Crippen LogP contribution in [0.4, 0.5) is 10.5 Å². The van der Waals surface area contributed by atoms with Gasteiger partial charge in [0.15, 0.2) is 0 Å². The lowest BCUT2D eigenvalue weighted by Crippen LogP contribution is -2.40. The van der Waals surface area contributed by atoms with Gasteiger partial charge in [-0.05, 0) is 41.3 Å². The zero-order chi connectivity index (χ0) is 23.5. The fourth-order valence-corrected chi connectivity index (χ4v) is 4.05. The fraction of sp³-hybridized carbons (Fsp3) is 0.192. The van der Waals surface area contributed by atoms with Crippen LogP contribution in [-0.2, 0) is 9.53 Å². The van der Waals surface area contributed by atoms with Crippen molar-refractivity contribution in [2.75, 3.05) is 19.0 Å². The van der Waals surface area contributed by atoms with Crippen LogP contribution in [0.3, 0.4) is 0 Å². The number of carbonyl (C=O) groups is 3. The molecule has 0 radical (unpaired) electrons. The van der Waals surface area contributed by atoms with E-state index < -0.39 is 24.0 Å². The van der Waals surface area contributed by atoms with E-state index in [2.05, 4.69) is 17.4 Å². The lowest BCUT2D eigenvalue weighted by molar-refractivity contribution is -0.141. The molecule has 7 nitrogen and oxygen atoms in total. The number of fused-ring (bicyclic) bond motifs is 3. The Hall–Kier alpha value is -4.13. The largest absolute Gasteiger partial charge is 0.480 e. The van der Waals surface area contributed by atoms with Crippen molar-refractivity contribution in [1.29, 1.82) is 0 Å². The molecule has 0 saturated heterocycles. The Kier molecular flexibility index (Phi) is 6.13. The lowest BCUT2D eigenvalue weighted by atomic mass is 9.98. The second-order valence-corrected chi connectivity index (χ2v) is 7.93. The SMILES string of the molecule is C[C@@H](C(=O)O)N(C)C(=O)c1ccccc1NC(=O)OCC1c2ccccc2-c2ccccc21. The minimum Gasteiger partial charge on any atom is -0.480 e. The molecule has 2 N–H and O–H groups in total. The molecule has 0 saturated carbocycles. The summed E-state index contributed by atoms with van der Waals surface area (Å²) in [6.45, 7) is 1.56. The van der Waals surface area contributed by atoms with Crippen LogP contribution in [0.25, 0.3) is 11.1 Å². The maximum Gasteiger partial charge on any atom is 0.411 e. The third-order valence-electron chi connectivity index (χ3n) is 6.00. The smallest absolute Gasteiger partial charge is 0.411 e. The van der Waals surface area contributed by atoms with Crippen LogP contribution in [0.2, 0.25) is 0 Å². The normalized spacial score (nSPS) is 12.9. The third-order valence-corrected chi connectivity index (χ3v) is 6.00. The van der Waals surface area contributed by atoms with Crippen molar-refractivity contribution in [1.82, 2.24) is 4.90 Å². The number of amides is 2. The molecule has 1 atom stereocenters. The van der Waals surface area contributed by atoms with Crippen molar-refractivity contribution in [2.24, 2.45) is 0 Å². The quantitative estimate of drug-likeness (QED) is 0.580. The zero-order valence-corrected chi connectivity index (χ0v) is 18.3. The van der Waals surface area contributed by atoms with Crippen LogP contribution in [0.1, 0.15) is 34.3 Å². The summed E-state index contributed by atoms with van der Waals surface area (Å²) in [5.74, 6) is -1.71. The first-order valence-electron chi connectivity index (χ1n) is 10.6. The Morgan fingerprint density at radius 3 is 2.09 bits per heavy atom. The number of para-hydroxylation sites is 1. The Morgan fingerprint density at radius 2 is 1.48 bits per heavy atom. The van der Waals surface area contributed by atoms with Gasteiger partial charge in [0, 0.05) is 13.0 Å². The minimum atomic E-state index is -1.12. The van der Waals surface area contributed by atoms with Gasteiger partial charge in [-0.3, -0.25) is 10.1 Å². The maximum atomic E-state index is 12.8. The summed E-state index contributed by atoms with van der Waals surface area (Å²) in [7, 11) is 1.41. The van der Waals surface area contributed by atoms with Crippen molar-refractivity contribution < 1.29 is 24.2 Å². The number of nitrogens with zero attached hydrogens (tertiary/aromatic N) is 1. The molecule has 0 fully saturated rings. The van der Waals surface area contributed by atoms with Crippen molar-refractivity contribution in [2.45, 2.75) is 18.9 Å². The molecule has 2 amide bonds. The standard InChI is InChI=1S/C26H24N2O5/c1-16(25(30)31)28(2)24(29)21-13-7-8-14-23(21)27-26(32)33-15-22-19-11-5-3-9-17(19)18-10-4-6-12-20(18)22/h3-14,16,22H,15H2,1-2H3,(H,27,32)(H,30,31)/t16-/m0/s1. The molecule has 7 heteroatoms. The van der Waals surface area contributed by atoms with Crippen LogP contribution in [0.15, 0.2) is 72.8 Å². The first-order valence-corrected chi connectivity index (χ1v) is 10.6. The fourth-order valence-electron chi connectivity index (χ4n) is 4.05. The Bertz CT molecular complexity index is 1180. The number of likely N-dealkylation sites (N-methyl/N-ethyl adjacent to an activating group) is 1.